The average Bonchev–Trinajstić information content (AvgIpc) is 2.62. The van der Waals surface area contributed by atoms with Crippen molar-refractivity contribution in [3.05, 3.63) is 29.8 Å². The van der Waals surface area contributed by atoms with E-state index in [9.17, 15) is 18.0 Å². The number of nitrogens with zero attached hydrogens (tertiary/aromatic N) is 2. The second kappa shape index (κ2) is 8.64. The summed E-state index contributed by atoms with van der Waals surface area (Å²) in [4.78, 5) is 24.7. The van der Waals surface area contributed by atoms with Crippen molar-refractivity contribution in [3.8, 4) is 0 Å². The zero-order valence-corrected chi connectivity index (χ0v) is 16.0. The van der Waals surface area contributed by atoms with Crippen LogP contribution in [0.1, 0.15) is 31.7 Å². The van der Waals surface area contributed by atoms with E-state index in [1.54, 1.807) is 26.1 Å². The highest BCUT2D eigenvalue weighted by atomic mass is 32.2. The van der Waals surface area contributed by atoms with Crippen LogP contribution in [0, 0.1) is 5.92 Å². The van der Waals surface area contributed by atoms with Gasteiger partial charge >= 0.3 is 5.97 Å². The van der Waals surface area contributed by atoms with E-state index in [1.165, 1.54) is 21.3 Å². The summed E-state index contributed by atoms with van der Waals surface area (Å²) < 4.78 is 26.7. The first-order valence-corrected chi connectivity index (χ1v) is 10.2. The van der Waals surface area contributed by atoms with Gasteiger partial charge in [-0.2, -0.15) is 4.31 Å². The topological polar surface area (TPSA) is 95.0 Å². The number of likely N-dealkylation sites (N-methyl/N-ethyl adjacent to an activating group) is 1. The van der Waals surface area contributed by atoms with E-state index in [0.717, 1.165) is 19.3 Å². The van der Waals surface area contributed by atoms with Crippen LogP contribution in [0.15, 0.2) is 29.2 Å². The molecule has 144 valence electrons. The number of carbonyl (C=O) groups is 2. The van der Waals surface area contributed by atoms with E-state index < -0.39 is 21.9 Å². The fraction of sp³-hybridized carbons (Fsp3) is 0.556. The molecule has 8 heteroatoms. The number of amides is 1. The highest BCUT2D eigenvalue weighted by Crippen LogP contribution is 2.21. The van der Waals surface area contributed by atoms with E-state index in [1.807, 2.05) is 0 Å². The third-order valence-electron chi connectivity index (χ3n) is 4.63. The van der Waals surface area contributed by atoms with Gasteiger partial charge in [-0.05, 0) is 30.5 Å². The molecule has 1 atom stereocenters. The van der Waals surface area contributed by atoms with Gasteiger partial charge < -0.3 is 10.0 Å². The van der Waals surface area contributed by atoms with E-state index >= 15 is 0 Å². The van der Waals surface area contributed by atoms with Crippen LogP contribution in [0.4, 0.5) is 0 Å². The zero-order valence-electron chi connectivity index (χ0n) is 15.2. The molecule has 2 rings (SSSR count). The first kappa shape index (κ1) is 20.4. The van der Waals surface area contributed by atoms with Gasteiger partial charge in [-0.15, -0.1) is 0 Å². The van der Waals surface area contributed by atoms with Gasteiger partial charge in [0.2, 0.25) is 15.9 Å². The standard InChI is InChI=1S/C18H26N2O5S/c1-14(18(22)23)13-19(2)17(21)12-15-6-8-16(9-7-15)26(24,25)20-10-4-3-5-11-20/h6-9,14H,3-5,10-13H2,1-2H3,(H,22,23). The number of hydrogen-bond acceptors (Lipinski definition) is 4. The molecule has 1 amide bonds. The maximum atomic E-state index is 12.6. The molecule has 1 heterocycles. The monoisotopic (exact) mass is 382 g/mol. The molecule has 26 heavy (non-hydrogen) atoms. The van der Waals surface area contributed by atoms with Crippen LogP contribution in [0.3, 0.4) is 0 Å². The Balaban J connectivity index is 2.00. The summed E-state index contributed by atoms with van der Waals surface area (Å²) in [5, 5.41) is 8.92. The molecule has 1 saturated heterocycles. The number of sulfonamides is 1. The van der Waals surface area contributed by atoms with Crippen molar-refractivity contribution in [1.82, 2.24) is 9.21 Å². The highest BCUT2D eigenvalue weighted by Gasteiger charge is 2.26. The van der Waals surface area contributed by atoms with Gasteiger partial charge in [-0.3, -0.25) is 9.59 Å². The average molecular weight is 382 g/mol. The number of hydrogen-bond donors (Lipinski definition) is 1. The molecule has 0 aromatic heterocycles. The SMILES string of the molecule is CC(CN(C)C(=O)Cc1ccc(S(=O)(=O)N2CCCCC2)cc1)C(=O)O. The molecular formula is C18H26N2O5S. The quantitative estimate of drug-likeness (QED) is 0.773. The lowest BCUT2D eigenvalue weighted by Crippen LogP contribution is -2.35. The van der Waals surface area contributed by atoms with Crippen LogP contribution in [0.2, 0.25) is 0 Å². The van der Waals surface area contributed by atoms with E-state index in [4.69, 9.17) is 5.11 Å². The van der Waals surface area contributed by atoms with Crippen molar-refractivity contribution in [2.75, 3.05) is 26.7 Å². The molecule has 0 saturated carbocycles. The third-order valence-corrected chi connectivity index (χ3v) is 6.54. The number of rotatable bonds is 7. The molecule has 0 spiro atoms. The molecule has 1 N–H and O–H groups in total. The minimum Gasteiger partial charge on any atom is -0.481 e. The lowest BCUT2D eigenvalue weighted by atomic mass is 10.1. The maximum Gasteiger partial charge on any atom is 0.308 e. The number of piperidine rings is 1. The third kappa shape index (κ3) is 5.04. The molecule has 1 aliphatic rings. The molecule has 1 aliphatic heterocycles. The summed E-state index contributed by atoms with van der Waals surface area (Å²) in [6, 6.07) is 6.35. The minimum atomic E-state index is -3.48. The van der Waals surface area contributed by atoms with Gasteiger partial charge in [0.25, 0.3) is 0 Å². The normalized spacial score (nSPS) is 16.8. The second-order valence-corrected chi connectivity index (χ2v) is 8.74. The molecule has 1 aromatic carbocycles. The Bertz CT molecular complexity index is 739. The van der Waals surface area contributed by atoms with Crippen molar-refractivity contribution < 1.29 is 23.1 Å². The van der Waals surface area contributed by atoms with Gasteiger partial charge in [0.15, 0.2) is 0 Å². The van der Waals surface area contributed by atoms with Crippen LogP contribution in [-0.2, 0) is 26.0 Å². The predicted molar refractivity (Wildman–Crippen MR) is 97.2 cm³/mol. The minimum absolute atomic E-state index is 0.104. The van der Waals surface area contributed by atoms with Crippen molar-refractivity contribution >= 4 is 21.9 Å². The number of aliphatic carboxylic acids is 1. The van der Waals surface area contributed by atoms with Crippen molar-refractivity contribution in [3.63, 3.8) is 0 Å². The Hall–Kier alpha value is -1.93. The smallest absolute Gasteiger partial charge is 0.308 e. The first-order chi connectivity index (χ1) is 12.2. The Labute approximate surface area is 154 Å². The molecule has 1 unspecified atom stereocenters. The van der Waals surface area contributed by atoms with Crippen molar-refractivity contribution in [1.29, 1.82) is 0 Å². The molecule has 0 bridgehead atoms. The van der Waals surface area contributed by atoms with Crippen LogP contribution in [0.25, 0.3) is 0 Å². The van der Waals surface area contributed by atoms with Gasteiger partial charge in [-0.1, -0.05) is 25.5 Å². The van der Waals surface area contributed by atoms with Crippen LogP contribution in [-0.4, -0.2) is 61.3 Å². The van der Waals surface area contributed by atoms with E-state index in [2.05, 4.69) is 0 Å². The fourth-order valence-electron chi connectivity index (χ4n) is 2.93. The number of benzene rings is 1. The Morgan fingerprint density at radius 2 is 1.73 bits per heavy atom. The summed E-state index contributed by atoms with van der Waals surface area (Å²) in [7, 11) is -1.91. The van der Waals surface area contributed by atoms with Crippen LogP contribution >= 0.6 is 0 Å². The predicted octanol–water partition coefficient (Wildman–Crippen LogP) is 1.58. The highest BCUT2D eigenvalue weighted by molar-refractivity contribution is 7.89. The second-order valence-electron chi connectivity index (χ2n) is 6.80. The molecule has 0 aliphatic carbocycles. The number of carboxylic acid groups (broad SMARTS) is 1. The van der Waals surface area contributed by atoms with E-state index in [0.29, 0.717) is 18.7 Å². The van der Waals surface area contributed by atoms with Crippen LogP contribution in [0.5, 0.6) is 0 Å². The maximum absolute atomic E-state index is 12.6. The molecule has 1 fully saturated rings. The lowest BCUT2D eigenvalue weighted by molar-refractivity contribution is -0.142. The van der Waals surface area contributed by atoms with E-state index in [-0.39, 0.29) is 23.8 Å². The molecular weight excluding hydrogens is 356 g/mol. The zero-order chi connectivity index (χ0) is 19.3. The van der Waals surface area contributed by atoms with Crippen LogP contribution < -0.4 is 0 Å². The van der Waals surface area contributed by atoms with Gasteiger partial charge in [-0.25, -0.2) is 8.42 Å². The largest absolute Gasteiger partial charge is 0.481 e. The number of carbonyl (C=O) groups excluding carboxylic acids is 1. The van der Waals surface area contributed by atoms with Gasteiger partial charge in [0.1, 0.15) is 0 Å². The van der Waals surface area contributed by atoms with Crippen molar-refractivity contribution in [2.24, 2.45) is 5.92 Å². The summed E-state index contributed by atoms with van der Waals surface area (Å²) in [5.74, 6) is -1.79. The Morgan fingerprint density at radius 1 is 1.15 bits per heavy atom. The summed E-state index contributed by atoms with van der Waals surface area (Å²) >= 11 is 0. The molecule has 7 nitrogen and oxygen atoms in total. The fourth-order valence-corrected chi connectivity index (χ4v) is 4.45. The number of carboxylic acids is 1. The van der Waals surface area contributed by atoms with Gasteiger partial charge in [0.05, 0.1) is 17.2 Å². The summed E-state index contributed by atoms with van der Waals surface area (Å²) in [6.07, 6.45) is 2.92. The first-order valence-electron chi connectivity index (χ1n) is 8.77. The Morgan fingerprint density at radius 3 is 2.27 bits per heavy atom. The lowest BCUT2D eigenvalue weighted by Gasteiger charge is -2.26. The summed E-state index contributed by atoms with van der Waals surface area (Å²) in [5.41, 5.74) is 0.697. The van der Waals surface area contributed by atoms with Crippen molar-refractivity contribution in [2.45, 2.75) is 37.5 Å². The molecule has 0 radical (unpaired) electrons. The molecule has 1 aromatic rings. The summed E-state index contributed by atoms with van der Waals surface area (Å²) in [6.45, 7) is 2.78. The van der Waals surface area contributed by atoms with Gasteiger partial charge in [0, 0.05) is 26.7 Å². The Kier molecular flexibility index (Phi) is 6.77.